The molecule has 1 rings (SSSR count). The van der Waals surface area contributed by atoms with Crippen LogP contribution in [0, 0.1) is 5.92 Å². The molecule has 0 aliphatic carbocycles. The summed E-state index contributed by atoms with van der Waals surface area (Å²) in [6.07, 6.45) is 2.95. The third-order valence-electron chi connectivity index (χ3n) is 3.54. The van der Waals surface area contributed by atoms with Gasteiger partial charge < -0.3 is 10.1 Å². The maximum absolute atomic E-state index is 5.78. The van der Waals surface area contributed by atoms with Gasteiger partial charge in [-0.05, 0) is 32.2 Å². The lowest BCUT2D eigenvalue weighted by molar-refractivity contribution is -0.0262. The largest absolute Gasteiger partial charge is 0.374 e. The van der Waals surface area contributed by atoms with E-state index >= 15 is 0 Å². The van der Waals surface area contributed by atoms with E-state index in [1.54, 1.807) is 0 Å². The number of ether oxygens (including phenoxy) is 1. The van der Waals surface area contributed by atoms with Crippen LogP contribution in [0.1, 0.15) is 40.5 Å². The van der Waals surface area contributed by atoms with Crippen LogP contribution in [-0.4, -0.2) is 49.8 Å². The number of rotatable bonds is 7. The molecule has 3 heteroatoms. The van der Waals surface area contributed by atoms with E-state index < -0.39 is 0 Å². The molecule has 1 saturated heterocycles. The van der Waals surface area contributed by atoms with Gasteiger partial charge in [0, 0.05) is 25.7 Å². The van der Waals surface area contributed by atoms with Gasteiger partial charge in [-0.25, -0.2) is 0 Å². The van der Waals surface area contributed by atoms with Crippen LogP contribution in [0.5, 0.6) is 0 Å². The van der Waals surface area contributed by atoms with Crippen LogP contribution in [0.2, 0.25) is 0 Å². The van der Waals surface area contributed by atoms with E-state index in [-0.39, 0.29) is 0 Å². The van der Waals surface area contributed by atoms with Gasteiger partial charge in [0.15, 0.2) is 0 Å². The third-order valence-corrected chi connectivity index (χ3v) is 3.54. The van der Waals surface area contributed by atoms with Gasteiger partial charge in [0.25, 0.3) is 0 Å². The summed E-state index contributed by atoms with van der Waals surface area (Å²) in [7, 11) is 0. The van der Waals surface area contributed by atoms with Crippen molar-refractivity contribution in [2.45, 2.75) is 52.7 Å². The molecule has 0 amide bonds. The normalized spacial score (nSPS) is 24.2. The standard InChI is InChI=1S/C14H30N2O/c1-5-16-8-9-17-14(11-16)10-15-13(4)7-6-12(2)3/h12-15H,5-11H2,1-4H3. The summed E-state index contributed by atoms with van der Waals surface area (Å²) in [6, 6.07) is 0.609. The highest BCUT2D eigenvalue weighted by Gasteiger charge is 2.19. The third kappa shape index (κ3) is 6.39. The Morgan fingerprint density at radius 2 is 2.06 bits per heavy atom. The van der Waals surface area contributed by atoms with Crippen molar-refractivity contribution in [2.75, 3.05) is 32.8 Å². The molecule has 0 spiro atoms. The molecule has 1 heterocycles. The number of likely N-dealkylation sites (N-methyl/N-ethyl adjacent to an activating group) is 1. The van der Waals surface area contributed by atoms with E-state index in [9.17, 15) is 0 Å². The van der Waals surface area contributed by atoms with Crippen molar-refractivity contribution >= 4 is 0 Å². The smallest absolute Gasteiger partial charge is 0.0826 e. The quantitative estimate of drug-likeness (QED) is 0.740. The second-order valence-electron chi connectivity index (χ2n) is 5.67. The number of hydrogen-bond acceptors (Lipinski definition) is 3. The Labute approximate surface area is 107 Å². The molecule has 2 atom stereocenters. The molecule has 1 fully saturated rings. The Morgan fingerprint density at radius 3 is 2.71 bits per heavy atom. The lowest BCUT2D eigenvalue weighted by Crippen LogP contribution is -2.47. The number of nitrogens with zero attached hydrogens (tertiary/aromatic N) is 1. The highest BCUT2D eigenvalue weighted by atomic mass is 16.5. The van der Waals surface area contributed by atoms with Crippen LogP contribution >= 0.6 is 0 Å². The Balaban J connectivity index is 2.12. The molecule has 2 unspecified atom stereocenters. The summed E-state index contributed by atoms with van der Waals surface area (Å²) in [5.41, 5.74) is 0. The second-order valence-corrected chi connectivity index (χ2v) is 5.67. The van der Waals surface area contributed by atoms with Crippen molar-refractivity contribution in [2.24, 2.45) is 5.92 Å². The van der Waals surface area contributed by atoms with Gasteiger partial charge in [-0.1, -0.05) is 20.8 Å². The highest BCUT2D eigenvalue weighted by Crippen LogP contribution is 2.08. The van der Waals surface area contributed by atoms with Gasteiger partial charge in [-0.2, -0.15) is 0 Å². The van der Waals surface area contributed by atoms with Crippen LogP contribution in [0.15, 0.2) is 0 Å². The van der Waals surface area contributed by atoms with Crippen molar-refractivity contribution in [3.8, 4) is 0 Å². The van der Waals surface area contributed by atoms with Gasteiger partial charge in [0.05, 0.1) is 12.7 Å². The fourth-order valence-corrected chi connectivity index (χ4v) is 2.21. The fraction of sp³-hybridized carbons (Fsp3) is 1.00. The van der Waals surface area contributed by atoms with E-state index in [0.29, 0.717) is 12.1 Å². The van der Waals surface area contributed by atoms with Gasteiger partial charge in [0.1, 0.15) is 0 Å². The summed E-state index contributed by atoms with van der Waals surface area (Å²) in [6.45, 7) is 14.3. The van der Waals surface area contributed by atoms with Crippen molar-refractivity contribution in [3.05, 3.63) is 0 Å². The first-order valence-electron chi connectivity index (χ1n) is 7.19. The molecule has 0 aromatic rings. The van der Waals surface area contributed by atoms with Crippen molar-refractivity contribution in [3.63, 3.8) is 0 Å². The molecule has 1 aliphatic heterocycles. The predicted molar refractivity (Wildman–Crippen MR) is 73.4 cm³/mol. The number of hydrogen-bond donors (Lipinski definition) is 1. The van der Waals surface area contributed by atoms with Gasteiger partial charge in [-0.3, -0.25) is 4.90 Å². The molecule has 1 aliphatic rings. The topological polar surface area (TPSA) is 24.5 Å². The Bertz CT molecular complexity index is 197. The van der Waals surface area contributed by atoms with Gasteiger partial charge >= 0.3 is 0 Å². The van der Waals surface area contributed by atoms with Gasteiger partial charge in [-0.15, -0.1) is 0 Å². The van der Waals surface area contributed by atoms with Crippen molar-refractivity contribution < 1.29 is 4.74 Å². The van der Waals surface area contributed by atoms with E-state index in [1.165, 1.54) is 12.8 Å². The molecule has 0 bridgehead atoms. The van der Waals surface area contributed by atoms with E-state index in [1.807, 2.05) is 0 Å². The van der Waals surface area contributed by atoms with Crippen molar-refractivity contribution in [1.29, 1.82) is 0 Å². The summed E-state index contributed by atoms with van der Waals surface area (Å²) >= 11 is 0. The summed E-state index contributed by atoms with van der Waals surface area (Å²) < 4.78 is 5.78. The molecule has 0 aromatic carbocycles. The minimum atomic E-state index is 0.380. The molecule has 0 radical (unpaired) electrons. The van der Waals surface area contributed by atoms with Crippen LogP contribution in [0.3, 0.4) is 0 Å². The molecule has 0 aromatic heterocycles. The zero-order chi connectivity index (χ0) is 12.7. The lowest BCUT2D eigenvalue weighted by Gasteiger charge is -2.32. The summed E-state index contributed by atoms with van der Waals surface area (Å²) in [5, 5.41) is 3.60. The minimum absolute atomic E-state index is 0.380. The van der Waals surface area contributed by atoms with Crippen LogP contribution in [-0.2, 0) is 4.74 Å². The van der Waals surface area contributed by atoms with Gasteiger partial charge in [0.2, 0.25) is 0 Å². The summed E-state index contributed by atoms with van der Waals surface area (Å²) in [4.78, 5) is 2.47. The molecular formula is C14H30N2O. The Hall–Kier alpha value is -0.120. The first kappa shape index (κ1) is 14.9. The second kappa shape index (κ2) is 8.06. The monoisotopic (exact) mass is 242 g/mol. The zero-order valence-corrected chi connectivity index (χ0v) is 12.0. The molecule has 1 N–H and O–H groups in total. The highest BCUT2D eigenvalue weighted by molar-refractivity contribution is 4.74. The Kier molecular flexibility index (Phi) is 7.09. The molecule has 0 saturated carbocycles. The van der Waals surface area contributed by atoms with Crippen LogP contribution in [0.4, 0.5) is 0 Å². The number of nitrogens with one attached hydrogen (secondary N) is 1. The molecule has 17 heavy (non-hydrogen) atoms. The fourth-order valence-electron chi connectivity index (χ4n) is 2.21. The van der Waals surface area contributed by atoms with E-state index in [0.717, 1.165) is 38.7 Å². The predicted octanol–water partition coefficient (Wildman–Crippen LogP) is 2.12. The molecular weight excluding hydrogens is 212 g/mol. The van der Waals surface area contributed by atoms with E-state index in [2.05, 4.69) is 37.9 Å². The van der Waals surface area contributed by atoms with Crippen LogP contribution in [0.25, 0.3) is 0 Å². The zero-order valence-electron chi connectivity index (χ0n) is 12.0. The molecule has 3 nitrogen and oxygen atoms in total. The van der Waals surface area contributed by atoms with Crippen molar-refractivity contribution in [1.82, 2.24) is 10.2 Å². The average Bonchev–Trinajstić information content (AvgIpc) is 2.34. The molecule has 102 valence electrons. The minimum Gasteiger partial charge on any atom is -0.374 e. The maximum atomic E-state index is 5.78. The SMILES string of the molecule is CCN1CCOC(CNC(C)CCC(C)C)C1. The average molecular weight is 242 g/mol. The lowest BCUT2D eigenvalue weighted by atomic mass is 10.0. The Morgan fingerprint density at radius 1 is 1.29 bits per heavy atom. The first-order valence-corrected chi connectivity index (χ1v) is 7.19. The summed E-state index contributed by atoms with van der Waals surface area (Å²) in [5.74, 6) is 0.806. The van der Waals surface area contributed by atoms with Crippen LogP contribution < -0.4 is 5.32 Å². The maximum Gasteiger partial charge on any atom is 0.0826 e. The first-order chi connectivity index (χ1) is 8.11. The number of morpholine rings is 1. The van der Waals surface area contributed by atoms with E-state index in [4.69, 9.17) is 4.74 Å².